The molecule has 0 aliphatic carbocycles. The number of fused-ring (bicyclic) bond motifs is 1. The maximum Gasteiger partial charge on any atom is 0.264 e. The molecule has 0 saturated carbocycles. The summed E-state index contributed by atoms with van der Waals surface area (Å²) >= 11 is 0. The van der Waals surface area contributed by atoms with E-state index in [-0.39, 0.29) is 11.7 Å². The molecule has 4 rings (SSSR count). The van der Waals surface area contributed by atoms with Gasteiger partial charge >= 0.3 is 0 Å². The van der Waals surface area contributed by atoms with E-state index in [4.69, 9.17) is 14.2 Å². The first-order chi connectivity index (χ1) is 14.4. The van der Waals surface area contributed by atoms with Crippen molar-refractivity contribution >= 4 is 15.7 Å². The molecule has 0 amide bonds. The minimum atomic E-state index is -3.88. The number of nitrogens with zero attached hydrogens (tertiary/aromatic N) is 1. The lowest BCUT2D eigenvalue weighted by Gasteiger charge is -2.31. The second-order valence-corrected chi connectivity index (χ2v) is 8.92. The van der Waals surface area contributed by atoms with Gasteiger partial charge in [-0.2, -0.15) is 0 Å². The summed E-state index contributed by atoms with van der Waals surface area (Å²) in [5.41, 5.74) is 2.46. The van der Waals surface area contributed by atoms with Crippen LogP contribution in [-0.2, 0) is 10.0 Å². The highest BCUT2D eigenvalue weighted by molar-refractivity contribution is 7.92. The van der Waals surface area contributed by atoms with E-state index in [1.165, 1.54) is 4.31 Å². The Morgan fingerprint density at radius 2 is 1.70 bits per heavy atom. The number of hydrogen-bond acceptors (Lipinski definition) is 5. The predicted molar refractivity (Wildman–Crippen MR) is 115 cm³/mol. The Hall–Kier alpha value is -3.19. The van der Waals surface area contributed by atoms with E-state index in [1.807, 2.05) is 38.1 Å². The van der Waals surface area contributed by atoms with Gasteiger partial charge in [-0.15, -0.1) is 0 Å². The molecule has 0 saturated heterocycles. The molecule has 7 heteroatoms. The molecule has 0 fully saturated rings. The average molecular weight is 426 g/mol. The van der Waals surface area contributed by atoms with Crippen LogP contribution in [-0.4, -0.2) is 22.3 Å². The highest BCUT2D eigenvalue weighted by atomic mass is 32.2. The molecule has 1 atom stereocenters. The Kier molecular flexibility index (Phi) is 5.30. The molecule has 0 radical (unpaired) electrons. The molecule has 1 heterocycles. The summed E-state index contributed by atoms with van der Waals surface area (Å²) in [4.78, 5) is 0.181. The number of sulfonamides is 1. The quantitative estimate of drug-likeness (QED) is 0.573. The van der Waals surface area contributed by atoms with Gasteiger partial charge in [0, 0.05) is 6.07 Å². The van der Waals surface area contributed by atoms with Crippen LogP contribution in [0.2, 0.25) is 0 Å². The van der Waals surface area contributed by atoms with E-state index in [9.17, 15) is 8.42 Å². The zero-order valence-corrected chi connectivity index (χ0v) is 17.8. The van der Waals surface area contributed by atoms with Crippen molar-refractivity contribution in [3.8, 4) is 17.2 Å². The van der Waals surface area contributed by atoms with E-state index in [0.29, 0.717) is 22.9 Å². The highest BCUT2D eigenvalue weighted by Crippen LogP contribution is 2.40. The Bertz CT molecular complexity index is 1160. The first kappa shape index (κ1) is 20.1. The predicted octanol–water partition coefficient (Wildman–Crippen LogP) is 4.69. The Morgan fingerprint density at radius 3 is 2.40 bits per heavy atom. The molecule has 6 nitrogen and oxygen atoms in total. The second kappa shape index (κ2) is 7.91. The first-order valence-corrected chi connectivity index (χ1v) is 11.0. The van der Waals surface area contributed by atoms with Crippen molar-refractivity contribution in [3.05, 3.63) is 77.9 Å². The maximum absolute atomic E-state index is 13.7. The summed E-state index contributed by atoms with van der Waals surface area (Å²) in [6, 6.07) is 19.0. The van der Waals surface area contributed by atoms with Gasteiger partial charge in [0.05, 0.1) is 23.7 Å². The van der Waals surface area contributed by atoms with Gasteiger partial charge in [-0.1, -0.05) is 29.8 Å². The Balaban J connectivity index is 1.84. The van der Waals surface area contributed by atoms with Crippen LogP contribution in [0.15, 0.2) is 71.6 Å². The number of ether oxygens (including phenoxy) is 3. The molecule has 1 aliphatic heterocycles. The van der Waals surface area contributed by atoms with Gasteiger partial charge in [0.15, 0.2) is 11.5 Å². The number of benzene rings is 3. The van der Waals surface area contributed by atoms with E-state index in [2.05, 4.69) is 0 Å². The fourth-order valence-corrected chi connectivity index (χ4v) is 5.16. The van der Waals surface area contributed by atoms with Gasteiger partial charge in [0.2, 0.25) is 6.79 Å². The minimum absolute atomic E-state index is 0.122. The van der Waals surface area contributed by atoms with Gasteiger partial charge in [-0.25, -0.2) is 8.42 Å². The summed E-state index contributed by atoms with van der Waals surface area (Å²) in [6.07, 6.45) is 0. The third-order valence-corrected chi connectivity index (χ3v) is 7.02. The van der Waals surface area contributed by atoms with Crippen LogP contribution in [0.25, 0.3) is 0 Å². The minimum Gasteiger partial charge on any atom is -0.497 e. The van der Waals surface area contributed by atoms with Crippen LogP contribution in [0.5, 0.6) is 17.2 Å². The van der Waals surface area contributed by atoms with Crippen molar-refractivity contribution in [1.82, 2.24) is 0 Å². The van der Waals surface area contributed by atoms with Crippen molar-refractivity contribution in [2.45, 2.75) is 24.8 Å². The number of hydrogen-bond donors (Lipinski definition) is 0. The summed E-state index contributed by atoms with van der Waals surface area (Å²) < 4.78 is 44.9. The zero-order chi connectivity index (χ0) is 21.3. The largest absolute Gasteiger partial charge is 0.497 e. The molecule has 0 spiro atoms. The number of anilines is 1. The molecule has 0 aromatic heterocycles. The standard InChI is InChI=1S/C23H23NO5S/c1-16-5-4-6-18(13-16)17(2)24(19-7-12-22-23(14-19)29-15-28-22)30(25,26)21-10-8-20(27-3)9-11-21/h4-14,17H,15H2,1-3H3/t17-/m1/s1. The third-order valence-electron chi connectivity index (χ3n) is 5.10. The molecule has 3 aromatic carbocycles. The fourth-order valence-electron chi connectivity index (χ4n) is 3.52. The monoisotopic (exact) mass is 425 g/mol. The highest BCUT2D eigenvalue weighted by Gasteiger charge is 2.31. The van der Waals surface area contributed by atoms with Crippen molar-refractivity contribution in [2.75, 3.05) is 18.2 Å². The summed E-state index contributed by atoms with van der Waals surface area (Å²) in [6.45, 7) is 3.98. The molecular formula is C23H23NO5S. The van der Waals surface area contributed by atoms with Gasteiger partial charge in [0.25, 0.3) is 10.0 Å². The molecule has 0 bridgehead atoms. The Labute approximate surface area is 176 Å². The molecule has 0 N–H and O–H groups in total. The van der Waals surface area contributed by atoms with Crippen LogP contribution in [0, 0.1) is 6.92 Å². The van der Waals surface area contributed by atoms with Gasteiger partial charge in [-0.05, 0) is 55.8 Å². The van der Waals surface area contributed by atoms with Crippen molar-refractivity contribution in [2.24, 2.45) is 0 Å². The maximum atomic E-state index is 13.7. The van der Waals surface area contributed by atoms with Crippen LogP contribution in [0.1, 0.15) is 24.1 Å². The normalized spacial score (nSPS) is 13.7. The zero-order valence-electron chi connectivity index (χ0n) is 17.0. The van der Waals surface area contributed by atoms with Gasteiger partial charge < -0.3 is 14.2 Å². The summed E-state index contributed by atoms with van der Waals surface area (Å²) in [5.74, 6) is 1.72. The number of rotatable bonds is 6. The molecular weight excluding hydrogens is 402 g/mol. The van der Waals surface area contributed by atoms with E-state index < -0.39 is 16.1 Å². The summed E-state index contributed by atoms with van der Waals surface area (Å²) in [7, 11) is -2.33. The lowest BCUT2D eigenvalue weighted by Crippen LogP contribution is -2.33. The SMILES string of the molecule is COc1ccc(S(=O)(=O)N(c2ccc3c(c2)OCO3)[C@H](C)c2cccc(C)c2)cc1. The lowest BCUT2D eigenvalue weighted by atomic mass is 10.1. The molecule has 3 aromatic rings. The van der Waals surface area contributed by atoms with Gasteiger partial charge in [-0.3, -0.25) is 4.31 Å². The summed E-state index contributed by atoms with van der Waals surface area (Å²) in [5, 5.41) is 0. The smallest absolute Gasteiger partial charge is 0.264 e. The Morgan fingerprint density at radius 1 is 0.967 bits per heavy atom. The average Bonchev–Trinajstić information content (AvgIpc) is 3.21. The number of aryl methyl sites for hydroxylation is 1. The molecule has 1 aliphatic rings. The van der Waals surface area contributed by atoms with Gasteiger partial charge in [0.1, 0.15) is 5.75 Å². The van der Waals surface area contributed by atoms with E-state index >= 15 is 0 Å². The molecule has 0 unspecified atom stereocenters. The van der Waals surface area contributed by atoms with Crippen molar-refractivity contribution in [3.63, 3.8) is 0 Å². The van der Waals surface area contributed by atoms with Crippen LogP contribution in [0.4, 0.5) is 5.69 Å². The van der Waals surface area contributed by atoms with Crippen molar-refractivity contribution in [1.29, 1.82) is 0 Å². The third kappa shape index (κ3) is 3.68. The first-order valence-electron chi connectivity index (χ1n) is 9.55. The molecule has 30 heavy (non-hydrogen) atoms. The van der Waals surface area contributed by atoms with E-state index in [0.717, 1.165) is 11.1 Å². The lowest BCUT2D eigenvalue weighted by molar-refractivity contribution is 0.174. The van der Waals surface area contributed by atoms with Crippen LogP contribution in [0.3, 0.4) is 0 Å². The van der Waals surface area contributed by atoms with Crippen LogP contribution < -0.4 is 18.5 Å². The second-order valence-electron chi connectivity index (χ2n) is 7.10. The number of methoxy groups -OCH3 is 1. The van der Waals surface area contributed by atoms with Crippen molar-refractivity contribution < 1.29 is 22.6 Å². The van der Waals surface area contributed by atoms with Crippen LogP contribution >= 0.6 is 0 Å². The fraction of sp³-hybridized carbons (Fsp3) is 0.217. The van der Waals surface area contributed by atoms with E-state index in [1.54, 1.807) is 49.6 Å². The topological polar surface area (TPSA) is 65.1 Å². The molecule has 156 valence electrons.